The van der Waals surface area contributed by atoms with Crippen LogP contribution < -0.4 is 4.74 Å². The van der Waals surface area contributed by atoms with Gasteiger partial charge in [0.15, 0.2) is 0 Å². The summed E-state index contributed by atoms with van der Waals surface area (Å²) in [5.74, 6) is 0.825. The molecule has 2 aromatic carbocycles. The third-order valence-electron chi connectivity index (χ3n) is 2.46. The molecule has 2 aromatic rings. The summed E-state index contributed by atoms with van der Waals surface area (Å²) in [5, 5.41) is 2.25. The van der Waals surface area contributed by atoms with E-state index in [1.54, 1.807) is 0 Å². The van der Waals surface area contributed by atoms with Crippen molar-refractivity contribution in [2.24, 2.45) is 0 Å². The summed E-state index contributed by atoms with van der Waals surface area (Å²) in [6.07, 6.45) is 0. The second-order valence-corrected chi connectivity index (χ2v) is 3.78. The summed E-state index contributed by atoms with van der Waals surface area (Å²) >= 11 is 0. The standard InChI is InChI=1S/C14H13BO/c1-10(2)14(15)16-13-9-5-7-11-6-3-4-8-12(11)13/h3-9,15H,1H2,2H3. The van der Waals surface area contributed by atoms with E-state index >= 15 is 0 Å². The molecule has 0 fully saturated rings. The minimum atomic E-state index is 0.608. The molecule has 0 amide bonds. The van der Waals surface area contributed by atoms with Crippen LogP contribution in [0.15, 0.2) is 54.6 Å². The predicted octanol–water partition coefficient (Wildman–Crippen LogP) is 2.83. The van der Waals surface area contributed by atoms with Gasteiger partial charge in [-0.05, 0) is 0 Å². The fraction of sp³-hybridized carbons (Fsp3) is 0.0714. The van der Waals surface area contributed by atoms with Crippen LogP contribution in [0.4, 0.5) is 0 Å². The average molecular weight is 208 g/mol. The van der Waals surface area contributed by atoms with Crippen molar-refractivity contribution in [3.8, 4) is 5.75 Å². The molecule has 0 aliphatic heterocycles. The maximum absolute atomic E-state index is 5.70. The van der Waals surface area contributed by atoms with Crippen LogP contribution in [0, 0.1) is 0 Å². The second kappa shape index (κ2) is 4.36. The zero-order valence-corrected chi connectivity index (χ0v) is 9.36. The molecular weight excluding hydrogens is 195 g/mol. The minimum absolute atomic E-state index is 0.608. The number of fused-ring (bicyclic) bond motifs is 1. The number of hydrogen-bond donors (Lipinski definition) is 0. The summed E-state index contributed by atoms with van der Waals surface area (Å²) in [7, 11) is 3.83. The van der Waals surface area contributed by atoms with E-state index in [4.69, 9.17) is 4.74 Å². The molecule has 0 spiro atoms. The van der Waals surface area contributed by atoms with Crippen LogP contribution in [0.2, 0.25) is 0 Å². The molecule has 0 saturated heterocycles. The monoisotopic (exact) mass is 208 g/mol. The van der Waals surface area contributed by atoms with Gasteiger partial charge in [-0.1, -0.05) is 0 Å². The van der Waals surface area contributed by atoms with Crippen LogP contribution in [-0.2, 0) is 0 Å². The van der Waals surface area contributed by atoms with Gasteiger partial charge in [-0.25, -0.2) is 0 Å². The molecule has 2 rings (SSSR count). The zero-order valence-electron chi connectivity index (χ0n) is 9.36. The Morgan fingerprint density at radius 3 is 2.56 bits per heavy atom. The quantitative estimate of drug-likeness (QED) is 0.704. The van der Waals surface area contributed by atoms with Gasteiger partial charge in [-0.15, -0.1) is 0 Å². The fourth-order valence-electron chi connectivity index (χ4n) is 1.50. The van der Waals surface area contributed by atoms with Crippen molar-refractivity contribution in [2.75, 3.05) is 0 Å². The molecule has 0 unspecified atom stereocenters. The molecule has 0 aliphatic rings. The van der Waals surface area contributed by atoms with Gasteiger partial charge in [0, 0.05) is 0 Å². The maximum atomic E-state index is 5.70. The first kappa shape index (κ1) is 10.7. The molecule has 0 bridgehead atoms. The van der Waals surface area contributed by atoms with Crippen molar-refractivity contribution in [1.29, 1.82) is 0 Å². The molecule has 0 radical (unpaired) electrons. The second-order valence-electron chi connectivity index (χ2n) is 3.78. The van der Waals surface area contributed by atoms with Crippen LogP contribution in [0.3, 0.4) is 0 Å². The Bertz CT molecular complexity index is 552. The molecular formula is C14H13BO. The topological polar surface area (TPSA) is 9.23 Å². The van der Waals surface area contributed by atoms with Crippen LogP contribution in [-0.4, -0.2) is 13.1 Å². The molecule has 78 valence electrons. The van der Waals surface area contributed by atoms with Gasteiger partial charge < -0.3 is 0 Å². The number of rotatable bonds is 3. The molecule has 0 atom stereocenters. The van der Waals surface area contributed by atoms with Crippen molar-refractivity contribution in [1.82, 2.24) is 0 Å². The van der Waals surface area contributed by atoms with E-state index in [0.29, 0.717) is 5.65 Å². The summed E-state index contributed by atoms with van der Waals surface area (Å²) in [6.45, 7) is 5.69. The van der Waals surface area contributed by atoms with E-state index in [-0.39, 0.29) is 0 Å². The zero-order chi connectivity index (χ0) is 11.5. The molecule has 16 heavy (non-hydrogen) atoms. The van der Waals surface area contributed by atoms with E-state index in [0.717, 1.165) is 22.1 Å². The van der Waals surface area contributed by atoms with Crippen molar-refractivity contribution in [2.45, 2.75) is 6.92 Å². The Morgan fingerprint density at radius 2 is 1.81 bits per heavy atom. The van der Waals surface area contributed by atoms with E-state index in [9.17, 15) is 0 Å². The van der Waals surface area contributed by atoms with Gasteiger partial charge in [0.05, 0.1) is 0 Å². The third kappa shape index (κ3) is 2.06. The molecule has 0 aromatic heterocycles. The van der Waals surface area contributed by atoms with Gasteiger partial charge in [-0.2, -0.15) is 0 Å². The predicted molar refractivity (Wildman–Crippen MR) is 71.5 cm³/mol. The first-order valence-electron chi connectivity index (χ1n) is 5.19. The Kier molecular flexibility index (Phi) is 2.91. The number of hydrogen-bond acceptors (Lipinski definition) is 1. The molecule has 0 saturated carbocycles. The summed E-state index contributed by atoms with van der Waals surface area (Å²) in [6, 6.07) is 14.1. The Balaban J connectivity index is 2.45. The molecule has 0 aliphatic carbocycles. The van der Waals surface area contributed by atoms with E-state index in [1.165, 1.54) is 0 Å². The number of ether oxygens (including phenoxy) is 1. The van der Waals surface area contributed by atoms with Gasteiger partial charge in [0.1, 0.15) is 0 Å². The molecule has 0 N–H and O–H groups in total. The normalized spacial score (nSPS) is 10.0. The third-order valence-corrected chi connectivity index (χ3v) is 2.46. The van der Waals surface area contributed by atoms with Gasteiger partial charge in [0.2, 0.25) is 0 Å². The fourth-order valence-corrected chi connectivity index (χ4v) is 1.50. The summed E-state index contributed by atoms with van der Waals surface area (Å²) < 4.78 is 5.70. The Hall–Kier alpha value is -1.83. The van der Waals surface area contributed by atoms with Crippen molar-refractivity contribution < 1.29 is 4.74 Å². The van der Waals surface area contributed by atoms with Gasteiger partial charge in [0.25, 0.3) is 0 Å². The van der Waals surface area contributed by atoms with E-state index in [2.05, 4.69) is 26.2 Å². The Labute approximate surface area is 96.4 Å². The average Bonchev–Trinajstić information content (AvgIpc) is 2.29. The van der Waals surface area contributed by atoms with E-state index < -0.39 is 0 Å². The summed E-state index contributed by atoms with van der Waals surface area (Å²) in [5.41, 5.74) is 1.45. The van der Waals surface area contributed by atoms with Crippen molar-refractivity contribution >= 4 is 23.9 Å². The first-order chi connectivity index (χ1) is 7.68. The van der Waals surface area contributed by atoms with Crippen LogP contribution in [0.1, 0.15) is 6.92 Å². The van der Waals surface area contributed by atoms with Crippen LogP contribution in [0.5, 0.6) is 5.75 Å². The van der Waals surface area contributed by atoms with Crippen molar-refractivity contribution in [3.05, 3.63) is 54.6 Å². The molecule has 1 nitrogen and oxygen atoms in total. The molecule has 0 heterocycles. The first-order valence-corrected chi connectivity index (χ1v) is 5.19. The SMILES string of the molecule is B=C(Oc1cccc2ccccc12)C(=C)C. The van der Waals surface area contributed by atoms with Crippen LogP contribution in [0.25, 0.3) is 10.8 Å². The van der Waals surface area contributed by atoms with Crippen LogP contribution >= 0.6 is 0 Å². The van der Waals surface area contributed by atoms with Gasteiger partial charge >= 0.3 is 95.9 Å². The summed E-state index contributed by atoms with van der Waals surface area (Å²) in [4.78, 5) is 0. The Morgan fingerprint density at radius 1 is 1.12 bits per heavy atom. The number of benzene rings is 2. The van der Waals surface area contributed by atoms with Crippen molar-refractivity contribution in [3.63, 3.8) is 0 Å². The van der Waals surface area contributed by atoms with Gasteiger partial charge in [-0.3, -0.25) is 0 Å². The van der Waals surface area contributed by atoms with E-state index in [1.807, 2.05) is 37.3 Å². The molecule has 2 heteroatoms.